The van der Waals surface area contributed by atoms with E-state index in [2.05, 4.69) is 10.0 Å². The maximum Gasteiger partial charge on any atom is 0.255 e. The highest BCUT2D eigenvalue weighted by Crippen LogP contribution is 2.32. The summed E-state index contributed by atoms with van der Waals surface area (Å²) in [5.41, 5.74) is 2.82. The van der Waals surface area contributed by atoms with Gasteiger partial charge in [-0.15, -0.1) is 0 Å². The molecule has 2 N–H and O–H groups in total. The van der Waals surface area contributed by atoms with Crippen LogP contribution in [0, 0.1) is 13.8 Å². The zero-order chi connectivity index (χ0) is 21.9. The van der Waals surface area contributed by atoms with Gasteiger partial charge < -0.3 is 10.1 Å². The Kier molecular flexibility index (Phi) is 6.34. The highest BCUT2D eigenvalue weighted by Gasteiger charge is 2.14. The smallest absolute Gasteiger partial charge is 0.255 e. The van der Waals surface area contributed by atoms with Gasteiger partial charge >= 0.3 is 0 Å². The number of halogens is 1. The third-order valence-electron chi connectivity index (χ3n) is 4.23. The van der Waals surface area contributed by atoms with Gasteiger partial charge in [-0.2, -0.15) is 0 Å². The van der Waals surface area contributed by atoms with E-state index in [9.17, 15) is 13.2 Å². The van der Waals surface area contributed by atoms with Gasteiger partial charge in [0.1, 0.15) is 5.75 Å². The molecule has 0 fully saturated rings. The molecule has 1 amide bonds. The van der Waals surface area contributed by atoms with Crippen LogP contribution in [0.3, 0.4) is 0 Å². The largest absolute Gasteiger partial charge is 0.455 e. The predicted octanol–water partition coefficient (Wildman–Crippen LogP) is 5.37. The molecule has 0 bridgehead atoms. The number of nitrogens with one attached hydrogen (secondary N) is 2. The quantitative estimate of drug-likeness (QED) is 0.535. The topological polar surface area (TPSA) is 84.5 Å². The van der Waals surface area contributed by atoms with Crippen LogP contribution in [0.15, 0.2) is 60.7 Å². The molecule has 0 aliphatic carbocycles. The van der Waals surface area contributed by atoms with Crippen molar-refractivity contribution in [3.63, 3.8) is 0 Å². The van der Waals surface area contributed by atoms with E-state index in [1.165, 1.54) is 6.07 Å². The van der Waals surface area contributed by atoms with Gasteiger partial charge in [-0.25, -0.2) is 8.42 Å². The Morgan fingerprint density at radius 1 is 0.933 bits per heavy atom. The molecule has 0 saturated heterocycles. The first-order valence-electron chi connectivity index (χ1n) is 9.04. The Hall–Kier alpha value is -3.03. The highest BCUT2D eigenvalue weighted by atomic mass is 35.5. The number of sulfonamides is 1. The zero-order valence-corrected chi connectivity index (χ0v) is 18.3. The zero-order valence-electron chi connectivity index (χ0n) is 16.7. The summed E-state index contributed by atoms with van der Waals surface area (Å²) in [7, 11) is -3.47. The Labute approximate surface area is 180 Å². The summed E-state index contributed by atoms with van der Waals surface area (Å²) in [6.07, 6.45) is 1.06. The number of hydrogen-bond donors (Lipinski definition) is 2. The Morgan fingerprint density at radius 2 is 1.63 bits per heavy atom. The van der Waals surface area contributed by atoms with E-state index in [0.29, 0.717) is 33.5 Å². The molecule has 0 aromatic heterocycles. The number of hydrogen-bond acceptors (Lipinski definition) is 4. The fourth-order valence-corrected chi connectivity index (χ4v) is 3.48. The molecule has 3 aromatic rings. The Bertz CT molecular complexity index is 1190. The van der Waals surface area contributed by atoms with Crippen molar-refractivity contribution in [1.29, 1.82) is 0 Å². The fourth-order valence-electron chi connectivity index (χ4n) is 2.69. The monoisotopic (exact) mass is 444 g/mol. The lowest BCUT2D eigenvalue weighted by Crippen LogP contribution is -2.15. The molecule has 0 aliphatic heterocycles. The molecular weight excluding hydrogens is 424 g/mol. The summed E-state index contributed by atoms with van der Waals surface area (Å²) in [5.74, 6) is 0.620. The number of carbonyl (C=O) groups is 1. The van der Waals surface area contributed by atoms with E-state index in [1.807, 2.05) is 31.2 Å². The number of aryl methyl sites for hydroxylation is 2. The van der Waals surface area contributed by atoms with Crippen molar-refractivity contribution in [2.75, 3.05) is 16.3 Å². The highest BCUT2D eigenvalue weighted by molar-refractivity contribution is 7.92. The van der Waals surface area contributed by atoms with E-state index >= 15 is 0 Å². The van der Waals surface area contributed by atoms with Crippen LogP contribution in [0.2, 0.25) is 5.02 Å². The van der Waals surface area contributed by atoms with Crippen LogP contribution in [-0.2, 0) is 10.0 Å². The van der Waals surface area contributed by atoms with Gasteiger partial charge in [-0.3, -0.25) is 9.52 Å². The van der Waals surface area contributed by atoms with Gasteiger partial charge in [0.05, 0.1) is 17.6 Å². The van der Waals surface area contributed by atoms with Crippen molar-refractivity contribution in [3.8, 4) is 11.5 Å². The van der Waals surface area contributed by atoms with Gasteiger partial charge in [0.2, 0.25) is 10.0 Å². The summed E-state index contributed by atoms with van der Waals surface area (Å²) in [6.45, 7) is 3.73. The molecule has 156 valence electrons. The molecule has 6 nitrogen and oxygen atoms in total. The standard InChI is InChI=1S/C22H21ClN2O4S/c1-14-4-9-18(10-5-14)29-21-11-8-17(23)13-20(21)24-22(26)16-7-6-15(2)19(12-16)25-30(3,27)28/h4-13,25H,1-3H3,(H,24,26). The lowest BCUT2D eigenvalue weighted by molar-refractivity contribution is 0.102. The minimum absolute atomic E-state index is 0.285. The van der Waals surface area contributed by atoms with Crippen LogP contribution in [-0.4, -0.2) is 20.6 Å². The van der Waals surface area contributed by atoms with Gasteiger partial charge in [0.25, 0.3) is 5.91 Å². The molecule has 8 heteroatoms. The Balaban J connectivity index is 1.87. The third-order valence-corrected chi connectivity index (χ3v) is 5.06. The van der Waals surface area contributed by atoms with Crippen LogP contribution >= 0.6 is 11.6 Å². The normalized spacial score (nSPS) is 11.1. The van der Waals surface area contributed by atoms with E-state index in [4.69, 9.17) is 16.3 Å². The van der Waals surface area contributed by atoms with Crippen molar-refractivity contribution in [2.24, 2.45) is 0 Å². The molecule has 0 unspecified atom stereocenters. The van der Waals surface area contributed by atoms with Crippen LogP contribution in [0.4, 0.5) is 11.4 Å². The second-order valence-corrected chi connectivity index (χ2v) is 9.10. The molecule has 0 aliphatic rings. The molecule has 0 spiro atoms. The van der Waals surface area contributed by atoms with E-state index < -0.39 is 15.9 Å². The van der Waals surface area contributed by atoms with E-state index in [-0.39, 0.29) is 5.56 Å². The average Bonchev–Trinajstić information content (AvgIpc) is 2.66. The molecule has 0 heterocycles. The van der Waals surface area contributed by atoms with Crippen molar-refractivity contribution in [3.05, 3.63) is 82.4 Å². The first-order valence-corrected chi connectivity index (χ1v) is 11.3. The van der Waals surface area contributed by atoms with Crippen LogP contribution in [0.5, 0.6) is 11.5 Å². The number of ether oxygens (including phenoxy) is 1. The fraction of sp³-hybridized carbons (Fsp3) is 0.136. The van der Waals surface area contributed by atoms with E-state index in [0.717, 1.165) is 11.8 Å². The molecule has 0 saturated carbocycles. The van der Waals surface area contributed by atoms with Crippen molar-refractivity contribution in [1.82, 2.24) is 0 Å². The second-order valence-electron chi connectivity index (χ2n) is 6.91. The van der Waals surface area contributed by atoms with Gasteiger partial charge in [0, 0.05) is 10.6 Å². The minimum atomic E-state index is -3.47. The summed E-state index contributed by atoms with van der Waals surface area (Å²) >= 11 is 6.11. The average molecular weight is 445 g/mol. The maximum atomic E-state index is 12.8. The number of carbonyl (C=O) groups excluding carboxylic acids is 1. The van der Waals surface area contributed by atoms with Crippen molar-refractivity contribution >= 4 is 38.9 Å². The van der Waals surface area contributed by atoms with Gasteiger partial charge in [-0.1, -0.05) is 35.4 Å². The summed E-state index contributed by atoms with van der Waals surface area (Å²) in [4.78, 5) is 12.8. The SMILES string of the molecule is Cc1ccc(Oc2ccc(Cl)cc2NC(=O)c2ccc(C)c(NS(C)(=O)=O)c2)cc1. The van der Waals surface area contributed by atoms with Crippen molar-refractivity contribution < 1.29 is 17.9 Å². The lowest BCUT2D eigenvalue weighted by atomic mass is 10.1. The second kappa shape index (κ2) is 8.77. The molecule has 3 rings (SSSR count). The third kappa shape index (κ3) is 5.75. The number of rotatable bonds is 6. The summed E-state index contributed by atoms with van der Waals surface area (Å²) in [6, 6.07) is 17.2. The van der Waals surface area contributed by atoms with Crippen LogP contribution < -0.4 is 14.8 Å². The molecule has 3 aromatic carbocycles. The molecular formula is C22H21ClN2O4S. The van der Waals surface area contributed by atoms with Crippen LogP contribution in [0.1, 0.15) is 21.5 Å². The molecule has 30 heavy (non-hydrogen) atoms. The Morgan fingerprint density at radius 3 is 2.30 bits per heavy atom. The first-order chi connectivity index (χ1) is 14.1. The number of anilines is 2. The number of benzene rings is 3. The summed E-state index contributed by atoms with van der Waals surface area (Å²) < 4.78 is 31.4. The minimum Gasteiger partial charge on any atom is -0.455 e. The van der Waals surface area contributed by atoms with Crippen molar-refractivity contribution in [2.45, 2.75) is 13.8 Å². The van der Waals surface area contributed by atoms with Gasteiger partial charge in [0.15, 0.2) is 5.75 Å². The first kappa shape index (κ1) is 21.7. The number of amides is 1. The van der Waals surface area contributed by atoms with Gasteiger partial charge in [-0.05, 0) is 61.9 Å². The maximum absolute atomic E-state index is 12.8. The lowest BCUT2D eigenvalue weighted by Gasteiger charge is -2.14. The summed E-state index contributed by atoms with van der Waals surface area (Å²) in [5, 5.41) is 3.22. The van der Waals surface area contributed by atoms with Crippen LogP contribution in [0.25, 0.3) is 0 Å². The molecule has 0 atom stereocenters. The molecule has 0 radical (unpaired) electrons. The predicted molar refractivity (Wildman–Crippen MR) is 120 cm³/mol. The van der Waals surface area contributed by atoms with E-state index in [1.54, 1.807) is 37.3 Å².